The van der Waals surface area contributed by atoms with Gasteiger partial charge >= 0.3 is 5.97 Å². The van der Waals surface area contributed by atoms with Gasteiger partial charge in [0.15, 0.2) is 6.10 Å². The molecule has 0 saturated carbocycles. The van der Waals surface area contributed by atoms with Crippen LogP contribution in [-0.4, -0.2) is 23.0 Å². The molecule has 0 radical (unpaired) electrons. The lowest BCUT2D eigenvalue weighted by Gasteiger charge is -2.15. The summed E-state index contributed by atoms with van der Waals surface area (Å²) >= 11 is 0. The van der Waals surface area contributed by atoms with E-state index in [0.717, 1.165) is 16.7 Å². The summed E-state index contributed by atoms with van der Waals surface area (Å²) in [5.74, 6) is -0.766. The molecule has 0 unspecified atom stereocenters. The van der Waals surface area contributed by atoms with Gasteiger partial charge in [-0.05, 0) is 68.1 Å². The van der Waals surface area contributed by atoms with Crippen LogP contribution in [0.2, 0.25) is 0 Å². The Hall–Kier alpha value is -2.46. The van der Waals surface area contributed by atoms with Gasteiger partial charge in [-0.3, -0.25) is 4.79 Å². The van der Waals surface area contributed by atoms with Crippen LogP contribution in [-0.2, 0) is 11.3 Å². The zero-order chi connectivity index (χ0) is 17.9. The van der Waals surface area contributed by atoms with E-state index in [4.69, 9.17) is 9.84 Å². The molecule has 1 N–H and O–H groups in total. The topological polar surface area (TPSA) is 63.6 Å². The number of hydrogen-bond donors (Lipinski definition) is 1. The van der Waals surface area contributed by atoms with Crippen molar-refractivity contribution in [1.29, 1.82) is 0 Å². The summed E-state index contributed by atoms with van der Waals surface area (Å²) in [5.41, 5.74) is 4.66. The molecule has 0 amide bonds. The number of hydrogen-bond acceptors (Lipinski definition) is 4. The Morgan fingerprint density at radius 3 is 2.17 bits per heavy atom. The maximum Gasteiger partial charge on any atom is 0.338 e. The number of aryl methyl sites for hydroxylation is 3. The lowest BCUT2D eigenvalue weighted by molar-refractivity contribution is 0.0318. The number of carbonyl (C=O) groups is 2. The Morgan fingerprint density at radius 1 is 1.00 bits per heavy atom. The predicted molar refractivity (Wildman–Crippen MR) is 92.2 cm³/mol. The van der Waals surface area contributed by atoms with Crippen molar-refractivity contribution in [2.24, 2.45) is 0 Å². The fraction of sp³-hybridized carbons (Fsp3) is 0.300. The summed E-state index contributed by atoms with van der Waals surface area (Å²) in [6.07, 6.45) is -0.865. The second kappa shape index (κ2) is 7.41. The molecule has 24 heavy (non-hydrogen) atoms. The van der Waals surface area contributed by atoms with Crippen LogP contribution in [0.15, 0.2) is 36.4 Å². The highest BCUT2D eigenvalue weighted by molar-refractivity contribution is 6.02. The summed E-state index contributed by atoms with van der Waals surface area (Å²) in [5, 5.41) is 9.02. The molecule has 0 fully saturated rings. The molecule has 4 nitrogen and oxygen atoms in total. The van der Waals surface area contributed by atoms with Crippen LogP contribution in [0.5, 0.6) is 0 Å². The number of ether oxygens (including phenoxy) is 1. The first-order valence-electron chi connectivity index (χ1n) is 7.86. The van der Waals surface area contributed by atoms with Crippen molar-refractivity contribution in [2.75, 3.05) is 0 Å². The van der Waals surface area contributed by atoms with Gasteiger partial charge in [-0.25, -0.2) is 4.79 Å². The molecule has 2 aromatic carbocycles. The van der Waals surface area contributed by atoms with Gasteiger partial charge in [-0.15, -0.1) is 0 Å². The number of carbonyl (C=O) groups excluding carboxylic acids is 2. The van der Waals surface area contributed by atoms with E-state index in [0.29, 0.717) is 16.7 Å². The van der Waals surface area contributed by atoms with E-state index in [9.17, 15) is 9.59 Å². The van der Waals surface area contributed by atoms with Crippen LogP contribution >= 0.6 is 0 Å². The van der Waals surface area contributed by atoms with Crippen molar-refractivity contribution in [2.45, 2.75) is 40.4 Å². The zero-order valence-corrected chi connectivity index (χ0v) is 14.4. The highest BCUT2D eigenvalue weighted by Crippen LogP contribution is 2.18. The molecule has 126 valence electrons. The van der Waals surface area contributed by atoms with Crippen LogP contribution < -0.4 is 0 Å². The van der Waals surface area contributed by atoms with Crippen molar-refractivity contribution in [3.63, 3.8) is 0 Å². The Labute approximate surface area is 142 Å². The molecule has 0 aliphatic heterocycles. The minimum Gasteiger partial charge on any atom is -0.451 e. The molecule has 0 aliphatic carbocycles. The Bertz CT molecular complexity index is 760. The van der Waals surface area contributed by atoms with Gasteiger partial charge in [0.1, 0.15) is 0 Å². The highest BCUT2D eigenvalue weighted by atomic mass is 16.5. The summed E-state index contributed by atoms with van der Waals surface area (Å²) in [7, 11) is 0. The van der Waals surface area contributed by atoms with Crippen molar-refractivity contribution in [3.05, 3.63) is 69.8 Å². The maximum absolute atomic E-state index is 12.6. The molecular weight excluding hydrogens is 304 g/mol. The number of esters is 1. The fourth-order valence-electron chi connectivity index (χ4n) is 2.47. The van der Waals surface area contributed by atoms with E-state index in [1.54, 1.807) is 31.2 Å². The maximum atomic E-state index is 12.6. The van der Waals surface area contributed by atoms with Crippen LogP contribution in [0.4, 0.5) is 0 Å². The third kappa shape index (κ3) is 3.89. The zero-order valence-electron chi connectivity index (χ0n) is 14.4. The molecular formula is C20H22O4. The highest BCUT2D eigenvalue weighted by Gasteiger charge is 2.22. The molecule has 1 atom stereocenters. The van der Waals surface area contributed by atoms with E-state index >= 15 is 0 Å². The standard InChI is InChI=1S/C20H22O4/c1-12-9-14(3)18(10-13(12)2)19(22)15(4)24-20(23)17-7-5-16(11-21)6-8-17/h5-10,15,21H,11H2,1-4H3/t15-/m0/s1. The molecule has 0 heterocycles. The number of benzene rings is 2. The average molecular weight is 326 g/mol. The molecule has 2 rings (SSSR count). The van der Waals surface area contributed by atoms with Crippen molar-refractivity contribution in [3.8, 4) is 0 Å². The number of ketones is 1. The molecule has 2 aromatic rings. The summed E-state index contributed by atoms with van der Waals surface area (Å²) in [6, 6.07) is 10.3. The van der Waals surface area contributed by atoms with Crippen molar-refractivity contribution in [1.82, 2.24) is 0 Å². The second-order valence-electron chi connectivity index (χ2n) is 6.02. The third-order valence-corrected chi connectivity index (χ3v) is 4.13. The minimum absolute atomic E-state index is 0.0870. The molecule has 0 bridgehead atoms. The second-order valence-corrected chi connectivity index (χ2v) is 6.02. The largest absolute Gasteiger partial charge is 0.451 e. The van der Waals surface area contributed by atoms with Gasteiger partial charge in [0.2, 0.25) is 5.78 Å². The third-order valence-electron chi connectivity index (χ3n) is 4.13. The first-order chi connectivity index (χ1) is 11.3. The quantitative estimate of drug-likeness (QED) is 0.674. The number of Topliss-reactive ketones (excluding diaryl/α,β-unsaturated/α-hetero) is 1. The van der Waals surface area contributed by atoms with Gasteiger partial charge in [-0.1, -0.05) is 18.2 Å². The Balaban J connectivity index is 2.13. The van der Waals surface area contributed by atoms with E-state index in [2.05, 4.69) is 0 Å². The van der Waals surface area contributed by atoms with Gasteiger partial charge in [0.25, 0.3) is 0 Å². The smallest absolute Gasteiger partial charge is 0.338 e. The first kappa shape index (κ1) is 17.9. The van der Waals surface area contributed by atoms with Gasteiger partial charge in [0, 0.05) is 5.56 Å². The van der Waals surface area contributed by atoms with Gasteiger partial charge in [-0.2, -0.15) is 0 Å². The normalized spacial score (nSPS) is 11.9. The van der Waals surface area contributed by atoms with Crippen molar-refractivity contribution >= 4 is 11.8 Å². The molecule has 0 spiro atoms. The van der Waals surface area contributed by atoms with E-state index < -0.39 is 12.1 Å². The Morgan fingerprint density at radius 2 is 1.58 bits per heavy atom. The van der Waals surface area contributed by atoms with E-state index in [-0.39, 0.29) is 12.4 Å². The molecule has 4 heteroatoms. The fourth-order valence-corrected chi connectivity index (χ4v) is 2.47. The summed E-state index contributed by atoms with van der Waals surface area (Å²) < 4.78 is 5.30. The summed E-state index contributed by atoms with van der Waals surface area (Å²) in [6.45, 7) is 7.32. The van der Waals surface area contributed by atoms with Crippen molar-refractivity contribution < 1.29 is 19.4 Å². The Kier molecular flexibility index (Phi) is 5.52. The number of rotatable bonds is 5. The van der Waals surface area contributed by atoms with Crippen LogP contribution in [0.25, 0.3) is 0 Å². The average Bonchev–Trinajstić information content (AvgIpc) is 2.57. The first-order valence-corrected chi connectivity index (χ1v) is 7.86. The number of aliphatic hydroxyl groups is 1. The van der Waals surface area contributed by atoms with E-state index in [1.807, 2.05) is 32.9 Å². The number of aliphatic hydroxyl groups excluding tert-OH is 1. The van der Waals surface area contributed by atoms with Crippen LogP contribution in [0.3, 0.4) is 0 Å². The lowest BCUT2D eigenvalue weighted by atomic mass is 9.96. The molecule has 0 aromatic heterocycles. The lowest BCUT2D eigenvalue weighted by Crippen LogP contribution is -2.25. The summed E-state index contributed by atoms with van der Waals surface area (Å²) in [4.78, 5) is 24.7. The molecule has 0 aliphatic rings. The van der Waals surface area contributed by atoms with Crippen LogP contribution in [0.1, 0.15) is 49.9 Å². The SMILES string of the molecule is Cc1cc(C)c(C(=O)[C@H](C)OC(=O)c2ccc(CO)cc2)cc1C. The van der Waals surface area contributed by atoms with Crippen LogP contribution in [0, 0.1) is 20.8 Å². The van der Waals surface area contributed by atoms with Gasteiger partial charge < -0.3 is 9.84 Å². The molecule has 0 saturated heterocycles. The minimum atomic E-state index is -0.865. The predicted octanol–water partition coefficient (Wildman–Crippen LogP) is 3.53. The van der Waals surface area contributed by atoms with E-state index in [1.165, 1.54) is 0 Å². The monoisotopic (exact) mass is 326 g/mol. The van der Waals surface area contributed by atoms with Gasteiger partial charge in [0.05, 0.1) is 12.2 Å².